The van der Waals surface area contributed by atoms with Gasteiger partial charge in [0.15, 0.2) is 0 Å². The lowest BCUT2D eigenvalue weighted by atomic mass is 10.0. The summed E-state index contributed by atoms with van der Waals surface area (Å²) in [6.07, 6.45) is 2.41. The van der Waals surface area contributed by atoms with Crippen molar-refractivity contribution in [3.63, 3.8) is 0 Å². The number of amides is 2. The highest BCUT2D eigenvalue weighted by molar-refractivity contribution is 9.10. The van der Waals surface area contributed by atoms with Crippen LogP contribution in [0.4, 0.5) is 0 Å². The minimum absolute atomic E-state index is 0.0118. The van der Waals surface area contributed by atoms with Crippen LogP contribution in [0.3, 0.4) is 0 Å². The normalized spacial score (nSPS) is 11.6. The third kappa shape index (κ3) is 9.30. The highest BCUT2D eigenvalue weighted by Crippen LogP contribution is 2.23. The number of carbonyl (C=O) groups is 2. The van der Waals surface area contributed by atoms with Crippen LogP contribution < -0.4 is 5.32 Å². The fourth-order valence-corrected chi connectivity index (χ4v) is 5.04. The SMILES string of the molecule is CCCNC(=O)C(Cc1ccccc1)N(Cc1ccc(Br)cc1)C(=O)CCCSc1ccc(Cl)cc1. The average Bonchev–Trinajstić information content (AvgIpc) is 2.89. The molecular weight excluding hydrogens is 556 g/mol. The highest BCUT2D eigenvalue weighted by Gasteiger charge is 2.29. The van der Waals surface area contributed by atoms with Crippen molar-refractivity contribution < 1.29 is 9.59 Å². The molecule has 190 valence electrons. The van der Waals surface area contributed by atoms with Gasteiger partial charge in [-0.05, 0) is 66.1 Å². The van der Waals surface area contributed by atoms with E-state index in [1.54, 1.807) is 16.7 Å². The molecule has 3 aromatic carbocycles. The molecule has 1 N–H and O–H groups in total. The van der Waals surface area contributed by atoms with Crippen LogP contribution in [-0.4, -0.2) is 35.1 Å². The number of hydrogen-bond acceptors (Lipinski definition) is 3. The predicted molar refractivity (Wildman–Crippen MR) is 153 cm³/mol. The predicted octanol–water partition coefficient (Wildman–Crippen LogP) is 7.14. The molecule has 0 bridgehead atoms. The molecule has 0 aliphatic rings. The number of hydrogen-bond donors (Lipinski definition) is 1. The van der Waals surface area contributed by atoms with E-state index in [1.807, 2.05) is 85.8 Å². The lowest BCUT2D eigenvalue weighted by Crippen LogP contribution is -2.50. The zero-order valence-electron chi connectivity index (χ0n) is 20.5. The molecule has 3 rings (SSSR count). The van der Waals surface area contributed by atoms with Crippen molar-refractivity contribution in [2.24, 2.45) is 0 Å². The van der Waals surface area contributed by atoms with E-state index in [9.17, 15) is 9.59 Å². The summed E-state index contributed by atoms with van der Waals surface area (Å²) in [5.74, 6) is 0.689. The molecule has 7 heteroatoms. The number of nitrogens with zero attached hydrogens (tertiary/aromatic N) is 1. The standard InChI is InChI=1S/C29H32BrClN2O2S/c1-2-18-32-29(35)27(20-22-7-4-3-5-8-22)33(21-23-10-12-24(30)13-11-23)28(34)9-6-19-36-26-16-14-25(31)15-17-26/h3-5,7-8,10-17,27H,2,6,9,18-21H2,1H3,(H,32,35). The van der Waals surface area contributed by atoms with E-state index < -0.39 is 6.04 Å². The number of rotatable bonds is 13. The van der Waals surface area contributed by atoms with Crippen LogP contribution in [0.25, 0.3) is 0 Å². The summed E-state index contributed by atoms with van der Waals surface area (Å²) >= 11 is 11.2. The van der Waals surface area contributed by atoms with Gasteiger partial charge in [0.25, 0.3) is 0 Å². The highest BCUT2D eigenvalue weighted by atomic mass is 79.9. The number of halogens is 2. The van der Waals surface area contributed by atoms with Crippen LogP contribution in [0.5, 0.6) is 0 Å². The van der Waals surface area contributed by atoms with Gasteiger partial charge in [0, 0.05) is 40.3 Å². The third-order valence-electron chi connectivity index (χ3n) is 5.70. The van der Waals surface area contributed by atoms with E-state index in [2.05, 4.69) is 21.2 Å². The van der Waals surface area contributed by atoms with Gasteiger partial charge >= 0.3 is 0 Å². The maximum absolute atomic E-state index is 13.6. The first-order valence-electron chi connectivity index (χ1n) is 12.2. The Bertz CT molecular complexity index is 1090. The molecule has 0 saturated heterocycles. The Labute approximate surface area is 231 Å². The summed E-state index contributed by atoms with van der Waals surface area (Å²) in [7, 11) is 0. The number of carbonyl (C=O) groups excluding carboxylic acids is 2. The van der Waals surface area contributed by atoms with E-state index in [1.165, 1.54) is 0 Å². The van der Waals surface area contributed by atoms with Crippen molar-refractivity contribution in [1.82, 2.24) is 10.2 Å². The summed E-state index contributed by atoms with van der Waals surface area (Å²) in [6, 6.07) is 24.9. The van der Waals surface area contributed by atoms with Crippen LogP contribution in [0, 0.1) is 0 Å². The number of nitrogens with one attached hydrogen (secondary N) is 1. The summed E-state index contributed by atoms with van der Waals surface area (Å²) in [6.45, 7) is 2.99. The van der Waals surface area contributed by atoms with Gasteiger partial charge in [-0.2, -0.15) is 0 Å². The van der Waals surface area contributed by atoms with E-state index in [0.717, 1.165) is 39.1 Å². The Morgan fingerprint density at radius 3 is 2.33 bits per heavy atom. The maximum atomic E-state index is 13.6. The third-order valence-corrected chi connectivity index (χ3v) is 7.58. The van der Waals surface area contributed by atoms with E-state index in [4.69, 9.17) is 11.6 Å². The fourth-order valence-electron chi connectivity index (χ4n) is 3.79. The van der Waals surface area contributed by atoms with Gasteiger partial charge in [0.2, 0.25) is 11.8 Å². The van der Waals surface area contributed by atoms with Crippen LogP contribution >= 0.6 is 39.3 Å². The van der Waals surface area contributed by atoms with Crippen molar-refractivity contribution in [3.05, 3.63) is 99.5 Å². The van der Waals surface area contributed by atoms with Crippen molar-refractivity contribution in [2.75, 3.05) is 12.3 Å². The van der Waals surface area contributed by atoms with Crippen molar-refractivity contribution in [2.45, 2.75) is 50.1 Å². The van der Waals surface area contributed by atoms with Gasteiger partial charge in [-0.25, -0.2) is 0 Å². The largest absolute Gasteiger partial charge is 0.354 e. The Hall–Kier alpha value is -2.28. The van der Waals surface area contributed by atoms with Crippen molar-refractivity contribution >= 4 is 51.1 Å². The Balaban J connectivity index is 1.76. The van der Waals surface area contributed by atoms with Crippen LogP contribution in [0.1, 0.15) is 37.3 Å². The average molecular weight is 588 g/mol. The molecule has 3 aromatic rings. The molecule has 0 fully saturated rings. The summed E-state index contributed by atoms with van der Waals surface area (Å²) < 4.78 is 0.977. The molecule has 0 aromatic heterocycles. The topological polar surface area (TPSA) is 49.4 Å². The quantitative estimate of drug-likeness (QED) is 0.171. The monoisotopic (exact) mass is 586 g/mol. The zero-order valence-corrected chi connectivity index (χ0v) is 23.6. The first-order chi connectivity index (χ1) is 17.5. The summed E-state index contributed by atoms with van der Waals surface area (Å²) in [5, 5.41) is 3.73. The summed E-state index contributed by atoms with van der Waals surface area (Å²) in [4.78, 5) is 29.8. The number of benzene rings is 3. The second-order valence-corrected chi connectivity index (χ2v) is 11.1. The fraction of sp³-hybridized carbons (Fsp3) is 0.310. The molecule has 4 nitrogen and oxygen atoms in total. The second kappa shape index (κ2) is 15.1. The lowest BCUT2D eigenvalue weighted by Gasteiger charge is -2.31. The van der Waals surface area contributed by atoms with Gasteiger partial charge in [-0.1, -0.05) is 76.9 Å². The maximum Gasteiger partial charge on any atom is 0.243 e. The van der Waals surface area contributed by atoms with E-state index in [-0.39, 0.29) is 11.8 Å². The van der Waals surface area contributed by atoms with Crippen LogP contribution in [0.2, 0.25) is 5.02 Å². The molecule has 1 atom stereocenters. The minimum atomic E-state index is -0.584. The van der Waals surface area contributed by atoms with Crippen molar-refractivity contribution in [1.29, 1.82) is 0 Å². The molecule has 2 amide bonds. The van der Waals surface area contributed by atoms with E-state index in [0.29, 0.717) is 31.0 Å². The molecule has 0 aliphatic heterocycles. The van der Waals surface area contributed by atoms with Crippen LogP contribution in [-0.2, 0) is 22.6 Å². The first kappa shape index (κ1) is 28.3. The van der Waals surface area contributed by atoms with Gasteiger partial charge in [0.05, 0.1) is 0 Å². The second-order valence-electron chi connectivity index (χ2n) is 8.55. The van der Waals surface area contributed by atoms with Gasteiger partial charge in [0.1, 0.15) is 6.04 Å². The Kier molecular flexibility index (Phi) is 11.9. The Morgan fingerprint density at radius 2 is 1.67 bits per heavy atom. The van der Waals surface area contributed by atoms with Gasteiger partial charge in [-0.15, -0.1) is 11.8 Å². The van der Waals surface area contributed by atoms with Gasteiger partial charge in [-0.3, -0.25) is 9.59 Å². The van der Waals surface area contributed by atoms with Crippen molar-refractivity contribution in [3.8, 4) is 0 Å². The molecule has 0 radical (unpaired) electrons. The van der Waals surface area contributed by atoms with E-state index >= 15 is 0 Å². The summed E-state index contributed by atoms with van der Waals surface area (Å²) in [5.41, 5.74) is 2.02. The number of thioether (sulfide) groups is 1. The zero-order chi connectivity index (χ0) is 25.8. The molecule has 0 spiro atoms. The molecule has 1 unspecified atom stereocenters. The van der Waals surface area contributed by atoms with Gasteiger partial charge < -0.3 is 10.2 Å². The lowest BCUT2D eigenvalue weighted by molar-refractivity contribution is -0.141. The smallest absolute Gasteiger partial charge is 0.243 e. The molecule has 36 heavy (non-hydrogen) atoms. The van der Waals surface area contributed by atoms with Crippen LogP contribution in [0.15, 0.2) is 88.2 Å². The Morgan fingerprint density at radius 1 is 0.972 bits per heavy atom. The molecule has 0 heterocycles. The molecule has 0 saturated carbocycles. The minimum Gasteiger partial charge on any atom is -0.354 e. The molecular formula is C29H32BrClN2O2S. The molecule has 0 aliphatic carbocycles. The first-order valence-corrected chi connectivity index (χ1v) is 14.4.